The van der Waals surface area contributed by atoms with E-state index in [9.17, 15) is 4.79 Å². The minimum atomic E-state index is -0.184. The molecule has 1 aromatic carbocycles. The molecule has 0 fully saturated rings. The molecule has 3 aromatic rings. The number of H-pyrrole nitrogens is 1. The number of ether oxygens (including phenoxy) is 2. The SMILES string of the molecule is O=C(Cn1c(-c2cccs2)n[nH]c1=S)NCc1cc(Cl)c2c(c1)OCCO2. The van der Waals surface area contributed by atoms with Crippen LogP contribution in [0.3, 0.4) is 0 Å². The average Bonchev–Trinajstić information content (AvgIpc) is 3.31. The van der Waals surface area contributed by atoms with Crippen LogP contribution in [0.15, 0.2) is 29.6 Å². The molecule has 0 aliphatic carbocycles. The van der Waals surface area contributed by atoms with Gasteiger partial charge in [-0.15, -0.1) is 11.3 Å². The predicted molar refractivity (Wildman–Crippen MR) is 105 cm³/mol. The molecule has 1 aliphatic rings. The normalized spacial score (nSPS) is 12.8. The van der Waals surface area contributed by atoms with E-state index >= 15 is 0 Å². The number of halogens is 1. The van der Waals surface area contributed by atoms with Gasteiger partial charge in [0.1, 0.15) is 19.8 Å². The standard InChI is InChI=1S/C17H15ClN4O3S2/c18-11-6-10(7-12-15(11)25-4-3-24-12)8-19-14(23)9-22-16(20-21-17(22)26)13-2-1-5-27-13/h1-2,5-7H,3-4,8-9H2,(H,19,23)(H,21,26). The van der Waals surface area contributed by atoms with E-state index in [2.05, 4.69) is 15.5 Å². The molecule has 27 heavy (non-hydrogen) atoms. The highest BCUT2D eigenvalue weighted by atomic mass is 35.5. The Morgan fingerprint density at radius 1 is 1.41 bits per heavy atom. The quantitative estimate of drug-likeness (QED) is 0.616. The minimum Gasteiger partial charge on any atom is -0.486 e. The first-order valence-electron chi connectivity index (χ1n) is 8.15. The smallest absolute Gasteiger partial charge is 0.240 e. The number of thiophene rings is 1. The molecule has 3 heterocycles. The van der Waals surface area contributed by atoms with Crippen LogP contribution < -0.4 is 14.8 Å². The van der Waals surface area contributed by atoms with Crippen molar-refractivity contribution in [1.29, 1.82) is 0 Å². The number of aromatic amines is 1. The zero-order valence-electron chi connectivity index (χ0n) is 14.0. The molecule has 4 rings (SSSR count). The van der Waals surface area contributed by atoms with E-state index in [0.717, 1.165) is 10.4 Å². The largest absolute Gasteiger partial charge is 0.486 e. The highest BCUT2D eigenvalue weighted by Gasteiger charge is 2.17. The van der Waals surface area contributed by atoms with E-state index < -0.39 is 0 Å². The first-order valence-corrected chi connectivity index (χ1v) is 9.82. The Bertz CT molecular complexity index is 1030. The van der Waals surface area contributed by atoms with Crippen molar-refractivity contribution in [3.63, 3.8) is 0 Å². The maximum Gasteiger partial charge on any atom is 0.240 e. The summed E-state index contributed by atoms with van der Waals surface area (Å²) < 4.78 is 13.1. The number of benzene rings is 1. The summed E-state index contributed by atoms with van der Waals surface area (Å²) in [7, 11) is 0. The van der Waals surface area contributed by atoms with Crippen molar-refractivity contribution in [2.75, 3.05) is 13.2 Å². The van der Waals surface area contributed by atoms with Crippen LogP contribution in [0.4, 0.5) is 0 Å². The van der Waals surface area contributed by atoms with E-state index in [1.807, 2.05) is 23.6 Å². The van der Waals surface area contributed by atoms with Crippen molar-refractivity contribution in [2.24, 2.45) is 0 Å². The summed E-state index contributed by atoms with van der Waals surface area (Å²) in [5.74, 6) is 1.60. The molecule has 2 aromatic heterocycles. The topological polar surface area (TPSA) is 81.2 Å². The van der Waals surface area contributed by atoms with Crippen LogP contribution in [-0.2, 0) is 17.9 Å². The van der Waals surface area contributed by atoms with Gasteiger partial charge in [0.2, 0.25) is 5.91 Å². The summed E-state index contributed by atoms with van der Waals surface area (Å²) in [4.78, 5) is 13.4. The van der Waals surface area contributed by atoms with Gasteiger partial charge in [0.05, 0.1) is 9.90 Å². The first-order chi connectivity index (χ1) is 13.1. The second kappa shape index (κ2) is 7.71. The van der Waals surface area contributed by atoms with Gasteiger partial charge in [-0.3, -0.25) is 14.5 Å². The van der Waals surface area contributed by atoms with Crippen LogP contribution in [0, 0.1) is 4.77 Å². The van der Waals surface area contributed by atoms with Gasteiger partial charge in [-0.05, 0) is 41.4 Å². The number of rotatable bonds is 5. The minimum absolute atomic E-state index is 0.0703. The summed E-state index contributed by atoms with van der Waals surface area (Å²) in [5, 5.41) is 12.2. The van der Waals surface area contributed by atoms with Crippen LogP contribution >= 0.6 is 35.2 Å². The molecule has 0 saturated heterocycles. The molecule has 1 amide bonds. The van der Waals surface area contributed by atoms with E-state index in [1.54, 1.807) is 10.6 Å². The van der Waals surface area contributed by atoms with Crippen molar-refractivity contribution in [3.05, 3.63) is 45.0 Å². The molecule has 2 N–H and O–H groups in total. The lowest BCUT2D eigenvalue weighted by Gasteiger charge is -2.20. The van der Waals surface area contributed by atoms with Crippen molar-refractivity contribution in [3.8, 4) is 22.2 Å². The molecule has 7 nitrogen and oxygen atoms in total. The lowest BCUT2D eigenvalue weighted by Crippen LogP contribution is -2.27. The fourth-order valence-corrected chi connectivity index (χ4v) is 3.93. The third-order valence-corrected chi connectivity index (χ3v) is 5.41. The first kappa shape index (κ1) is 18.0. The molecule has 0 unspecified atom stereocenters. The molecule has 10 heteroatoms. The maximum absolute atomic E-state index is 12.4. The zero-order chi connectivity index (χ0) is 18.8. The lowest BCUT2D eigenvalue weighted by molar-refractivity contribution is -0.121. The average molecular weight is 423 g/mol. The Balaban J connectivity index is 1.45. The van der Waals surface area contributed by atoms with Gasteiger partial charge in [0.15, 0.2) is 22.1 Å². The van der Waals surface area contributed by atoms with Crippen molar-refractivity contribution < 1.29 is 14.3 Å². The molecule has 0 radical (unpaired) electrons. The van der Waals surface area contributed by atoms with Gasteiger partial charge < -0.3 is 14.8 Å². The van der Waals surface area contributed by atoms with Crippen LogP contribution in [0.25, 0.3) is 10.7 Å². The maximum atomic E-state index is 12.4. The molecule has 140 valence electrons. The van der Waals surface area contributed by atoms with Gasteiger partial charge in [-0.25, -0.2) is 0 Å². The summed E-state index contributed by atoms with van der Waals surface area (Å²) in [5.41, 5.74) is 0.826. The van der Waals surface area contributed by atoms with Crippen molar-refractivity contribution in [2.45, 2.75) is 13.1 Å². The summed E-state index contributed by atoms with van der Waals surface area (Å²) in [6, 6.07) is 7.44. The number of carbonyl (C=O) groups excluding carboxylic acids is 1. The molecule has 0 atom stereocenters. The zero-order valence-corrected chi connectivity index (χ0v) is 16.4. The number of hydrogen-bond acceptors (Lipinski definition) is 6. The van der Waals surface area contributed by atoms with Gasteiger partial charge in [-0.2, -0.15) is 5.10 Å². The number of amides is 1. The number of hydrogen-bond donors (Lipinski definition) is 2. The van der Waals surface area contributed by atoms with Crippen LogP contribution in [0.2, 0.25) is 5.02 Å². The van der Waals surface area contributed by atoms with E-state index in [4.69, 9.17) is 33.3 Å². The Kier molecular flexibility index (Phi) is 5.15. The number of nitrogens with one attached hydrogen (secondary N) is 2. The lowest BCUT2D eigenvalue weighted by atomic mass is 10.2. The second-order valence-electron chi connectivity index (χ2n) is 5.79. The molecule has 0 saturated carbocycles. The molecular weight excluding hydrogens is 408 g/mol. The van der Waals surface area contributed by atoms with Crippen LogP contribution in [0.1, 0.15) is 5.56 Å². The highest BCUT2D eigenvalue weighted by molar-refractivity contribution is 7.71. The number of fused-ring (bicyclic) bond motifs is 1. The Hall–Kier alpha value is -2.36. The Morgan fingerprint density at radius 2 is 2.26 bits per heavy atom. The number of carbonyl (C=O) groups is 1. The predicted octanol–water partition coefficient (Wildman–Crippen LogP) is 3.41. The molecular formula is C17H15ClN4O3S2. The third kappa shape index (κ3) is 3.85. The van der Waals surface area contributed by atoms with Crippen molar-refractivity contribution >= 4 is 41.1 Å². The van der Waals surface area contributed by atoms with E-state index in [-0.39, 0.29) is 12.5 Å². The number of aromatic nitrogens is 3. The summed E-state index contributed by atoms with van der Waals surface area (Å²) in [6.45, 7) is 1.33. The van der Waals surface area contributed by atoms with Gasteiger partial charge in [0, 0.05) is 6.54 Å². The fourth-order valence-electron chi connectivity index (χ4n) is 2.72. The van der Waals surface area contributed by atoms with Gasteiger partial charge in [0.25, 0.3) is 0 Å². The molecule has 0 bridgehead atoms. The molecule has 0 spiro atoms. The van der Waals surface area contributed by atoms with E-state index in [1.165, 1.54) is 11.3 Å². The molecule has 1 aliphatic heterocycles. The summed E-state index contributed by atoms with van der Waals surface area (Å²) >= 11 is 13.0. The highest BCUT2D eigenvalue weighted by Crippen LogP contribution is 2.38. The van der Waals surface area contributed by atoms with Crippen LogP contribution in [-0.4, -0.2) is 33.9 Å². The van der Waals surface area contributed by atoms with Crippen LogP contribution in [0.5, 0.6) is 11.5 Å². The second-order valence-corrected chi connectivity index (χ2v) is 7.54. The van der Waals surface area contributed by atoms with Gasteiger partial charge in [-0.1, -0.05) is 17.7 Å². The Labute approximate surface area is 168 Å². The van der Waals surface area contributed by atoms with Gasteiger partial charge >= 0.3 is 0 Å². The van der Waals surface area contributed by atoms with Crippen molar-refractivity contribution in [1.82, 2.24) is 20.1 Å². The van der Waals surface area contributed by atoms with E-state index in [0.29, 0.717) is 46.9 Å². The third-order valence-electron chi connectivity index (χ3n) is 3.95. The summed E-state index contributed by atoms with van der Waals surface area (Å²) in [6.07, 6.45) is 0. The number of nitrogens with zero attached hydrogens (tertiary/aromatic N) is 2. The fraction of sp³-hybridized carbons (Fsp3) is 0.235. The monoisotopic (exact) mass is 422 g/mol. The Morgan fingerprint density at radius 3 is 3.07 bits per heavy atom.